The maximum Gasteiger partial charge on any atom is 0.242 e. The van der Waals surface area contributed by atoms with E-state index >= 15 is 0 Å². The van der Waals surface area contributed by atoms with Crippen LogP contribution in [0.25, 0.3) is 5.57 Å². The molecule has 1 fully saturated rings. The number of fused-ring (bicyclic) bond motifs is 2. The Bertz CT molecular complexity index is 1550. The molecule has 2 heterocycles. The Hall–Kier alpha value is -1.64. The molecule has 0 atom stereocenters. The zero-order valence-electron chi connectivity index (χ0n) is 30.0. The van der Waals surface area contributed by atoms with Crippen LogP contribution in [-0.2, 0) is 10.0 Å². The number of benzene rings is 2. The van der Waals surface area contributed by atoms with Gasteiger partial charge in [0, 0.05) is 75.5 Å². The fourth-order valence-electron chi connectivity index (χ4n) is 3.11. The topological polar surface area (TPSA) is 43.9 Å². The lowest BCUT2D eigenvalue weighted by Crippen LogP contribution is -2.44. The highest BCUT2D eigenvalue weighted by atomic mass is 32.2. The highest BCUT2D eigenvalue weighted by Crippen LogP contribution is 2.46. The van der Waals surface area contributed by atoms with Crippen molar-refractivity contribution in [1.82, 2.24) is 14.1 Å². The third kappa shape index (κ3) is 4.36. The summed E-state index contributed by atoms with van der Waals surface area (Å²) in [6.07, 6.45) is 1.41. The number of hydrogen-bond acceptors (Lipinski definition) is 5. The summed E-state index contributed by atoms with van der Waals surface area (Å²) in [4.78, 5) is 1.59. The maximum atomic E-state index is 13.4. The fraction of sp³-hybridized carbons (Fsp3) is 0.391. The first-order valence-corrected chi connectivity index (χ1v) is 11.3. The SMILES string of the molecule is [2H]C([2H])([2H])N(C([2H])([2H])[2H])S(=O)(=O)c1ccc2c(c1)/C(=C\CCN1C([2H])([2H])C([2H])([2H])N(C)C([2H])([2H])C1([2H])[2H])c1ccccc1S2. The molecule has 160 valence electrons. The van der Waals surface area contributed by atoms with Crippen molar-refractivity contribution in [3.8, 4) is 0 Å². The molecule has 0 radical (unpaired) electrons. The molecule has 2 aromatic carbocycles. The van der Waals surface area contributed by atoms with Crippen molar-refractivity contribution in [3.05, 3.63) is 59.7 Å². The third-order valence-electron chi connectivity index (χ3n) is 4.58. The van der Waals surface area contributed by atoms with E-state index < -0.39 is 65.7 Å². The number of sulfonamides is 1. The van der Waals surface area contributed by atoms with E-state index in [0.29, 0.717) is 31.4 Å². The summed E-state index contributed by atoms with van der Waals surface area (Å²) in [5.74, 6) is 0. The molecular weight excluding hydrogens is 414 g/mol. The molecule has 30 heavy (non-hydrogen) atoms. The van der Waals surface area contributed by atoms with E-state index in [0.717, 1.165) is 24.1 Å². The Morgan fingerprint density at radius 3 is 2.60 bits per heavy atom. The van der Waals surface area contributed by atoms with E-state index in [2.05, 4.69) is 0 Å². The van der Waals surface area contributed by atoms with Crippen LogP contribution in [0.1, 0.15) is 36.7 Å². The largest absolute Gasteiger partial charge is 0.304 e. The van der Waals surface area contributed by atoms with Crippen LogP contribution in [0.2, 0.25) is 0 Å². The van der Waals surface area contributed by atoms with Crippen molar-refractivity contribution in [2.24, 2.45) is 0 Å². The first-order valence-electron chi connectivity index (χ1n) is 16.0. The summed E-state index contributed by atoms with van der Waals surface area (Å²) in [7, 11) is -4.11. The molecule has 0 aromatic heterocycles. The highest BCUT2D eigenvalue weighted by molar-refractivity contribution is 7.99. The smallest absolute Gasteiger partial charge is 0.242 e. The van der Waals surface area contributed by atoms with Gasteiger partial charge in [-0.1, -0.05) is 36.0 Å². The van der Waals surface area contributed by atoms with Crippen LogP contribution in [0, 0.1) is 0 Å². The van der Waals surface area contributed by atoms with Crippen LogP contribution in [-0.4, -0.2) is 76.1 Å². The number of likely N-dealkylation sites (N-methyl/N-ethyl adjacent to an activating group) is 1. The van der Waals surface area contributed by atoms with E-state index in [4.69, 9.17) is 19.2 Å². The summed E-state index contributed by atoms with van der Waals surface area (Å²) >= 11 is 1.28. The summed E-state index contributed by atoms with van der Waals surface area (Å²) < 4.78 is 138. The minimum atomic E-state index is -5.07. The van der Waals surface area contributed by atoms with Gasteiger partial charge in [-0.2, -0.15) is 0 Å². The second-order valence-electron chi connectivity index (χ2n) is 6.59. The molecule has 5 nitrogen and oxygen atoms in total. The lowest BCUT2D eigenvalue weighted by Gasteiger charge is -2.32. The second-order valence-corrected chi connectivity index (χ2v) is 9.46. The van der Waals surface area contributed by atoms with Gasteiger partial charge in [0.2, 0.25) is 10.0 Å². The van der Waals surface area contributed by atoms with Crippen LogP contribution in [0.4, 0.5) is 0 Å². The third-order valence-corrected chi connectivity index (χ3v) is 7.07. The van der Waals surface area contributed by atoms with Gasteiger partial charge >= 0.3 is 0 Å². The molecule has 2 aromatic rings. The molecule has 2 aliphatic heterocycles. The Morgan fingerprint density at radius 1 is 1.10 bits per heavy atom. The Balaban J connectivity index is 1.81. The van der Waals surface area contributed by atoms with Crippen molar-refractivity contribution in [1.29, 1.82) is 0 Å². The van der Waals surface area contributed by atoms with Gasteiger partial charge in [-0.25, -0.2) is 12.7 Å². The van der Waals surface area contributed by atoms with Crippen molar-refractivity contribution in [2.45, 2.75) is 21.1 Å². The van der Waals surface area contributed by atoms with Crippen molar-refractivity contribution in [3.63, 3.8) is 0 Å². The van der Waals surface area contributed by atoms with Crippen LogP contribution >= 0.6 is 11.8 Å². The van der Waals surface area contributed by atoms with E-state index in [1.165, 1.54) is 17.8 Å². The van der Waals surface area contributed by atoms with Crippen molar-refractivity contribution < 1.29 is 27.6 Å². The standard InChI is InChI=1S/C23H29N3O2S2/c1-24(2)30(27,28)18-10-11-23-21(17-18)19(20-7-4-5-9-22(20)29-23)8-6-12-26-15-13-25(3)14-16-26/h4-5,7-11,17H,6,12-16H2,1-3H3/b19-8-/i1D3,2D3,13D2,14D2,15D2,16D2. The van der Waals surface area contributed by atoms with Gasteiger partial charge in [0.05, 0.1) is 4.90 Å². The van der Waals surface area contributed by atoms with E-state index in [9.17, 15) is 8.42 Å². The monoisotopic (exact) mass is 457 g/mol. The first kappa shape index (κ1) is 10.3. The molecule has 1 saturated heterocycles. The predicted molar refractivity (Wildman–Crippen MR) is 124 cm³/mol. The number of rotatable bonds is 5. The Morgan fingerprint density at radius 2 is 1.83 bits per heavy atom. The molecule has 7 heteroatoms. The van der Waals surface area contributed by atoms with Gasteiger partial charge in [0.1, 0.15) is 0 Å². The lowest BCUT2D eigenvalue weighted by atomic mass is 9.96. The molecule has 0 aliphatic carbocycles. The lowest BCUT2D eigenvalue weighted by molar-refractivity contribution is 0.156. The second kappa shape index (κ2) is 8.85. The van der Waals surface area contributed by atoms with E-state index in [1.807, 2.05) is 0 Å². The van der Waals surface area contributed by atoms with Gasteiger partial charge in [-0.3, -0.25) is 0 Å². The molecule has 2 aliphatic rings. The van der Waals surface area contributed by atoms with Crippen LogP contribution in [0.5, 0.6) is 0 Å². The molecule has 0 spiro atoms. The van der Waals surface area contributed by atoms with E-state index in [1.54, 1.807) is 30.3 Å². The molecule has 0 bridgehead atoms. The summed E-state index contributed by atoms with van der Waals surface area (Å²) in [5, 5.41) is 0. The molecule has 0 saturated carbocycles. The molecule has 0 amide bonds. The number of hydrogen-bond donors (Lipinski definition) is 0. The van der Waals surface area contributed by atoms with E-state index in [-0.39, 0.29) is 6.42 Å². The minimum absolute atomic E-state index is 0.143. The van der Waals surface area contributed by atoms with Gasteiger partial charge in [0.15, 0.2) is 0 Å². The summed E-state index contributed by atoms with van der Waals surface area (Å²) in [6.45, 7) is -19.3. The Labute approximate surface area is 204 Å². The van der Waals surface area contributed by atoms with Gasteiger partial charge in [0.25, 0.3) is 0 Å². The van der Waals surface area contributed by atoms with Crippen molar-refractivity contribution >= 4 is 27.4 Å². The Kier molecular flexibility index (Phi) is 3.04. The van der Waals surface area contributed by atoms with Crippen LogP contribution < -0.4 is 0 Å². The minimum Gasteiger partial charge on any atom is -0.304 e. The van der Waals surface area contributed by atoms with Gasteiger partial charge < -0.3 is 9.80 Å². The summed E-state index contributed by atoms with van der Waals surface area (Å²) in [6, 6.07) is 10.7. The zero-order valence-corrected chi connectivity index (χ0v) is 17.6. The van der Waals surface area contributed by atoms with Gasteiger partial charge in [-0.15, -0.1) is 0 Å². The molecule has 0 N–H and O–H groups in total. The number of nitrogens with zero attached hydrogens (tertiary/aromatic N) is 3. The van der Waals surface area contributed by atoms with Crippen LogP contribution in [0.15, 0.2) is 63.2 Å². The normalized spacial score (nSPS) is 33.6. The average molecular weight is 458 g/mol. The predicted octanol–water partition coefficient (Wildman–Crippen LogP) is 3.47. The zero-order chi connectivity index (χ0) is 33.5. The maximum absolute atomic E-state index is 13.4. The van der Waals surface area contributed by atoms with Crippen LogP contribution in [0.3, 0.4) is 0 Å². The van der Waals surface area contributed by atoms with Crippen molar-refractivity contribution in [2.75, 3.05) is 53.5 Å². The average Bonchev–Trinajstić information content (AvgIpc) is 2.86. The quantitative estimate of drug-likeness (QED) is 0.587. The molecule has 0 unspecified atom stereocenters. The molecule has 4 rings (SSSR count). The molecular formula is C23H29N3O2S2. The number of piperazine rings is 1. The first-order chi connectivity index (χ1) is 19.8. The fourth-order valence-corrected chi connectivity index (χ4v) is 4.92. The highest BCUT2D eigenvalue weighted by Gasteiger charge is 2.25. The van der Waals surface area contributed by atoms with Gasteiger partial charge in [-0.05, 0) is 54.4 Å². The summed E-state index contributed by atoms with van der Waals surface area (Å²) in [5.41, 5.74) is 1.31.